The maximum absolute atomic E-state index is 2.78. The third-order valence-electron chi connectivity index (χ3n) is 13.0. The fraction of sp³-hybridized carbons (Fsp3) is 0.100. The van der Waals surface area contributed by atoms with E-state index in [9.17, 15) is 0 Å². The van der Waals surface area contributed by atoms with Crippen molar-refractivity contribution in [3.05, 3.63) is 215 Å². The average molecular weight is 876 g/mol. The molecule has 3 aliphatic heterocycles. The largest absolute Gasteiger partial charge is 0.306 e. The van der Waals surface area contributed by atoms with Crippen molar-refractivity contribution in [3.63, 3.8) is 0 Å². The first kappa shape index (κ1) is 39.6. The van der Waals surface area contributed by atoms with Gasteiger partial charge in [-0.25, -0.2) is 0 Å². The molecule has 9 aromatic rings. The summed E-state index contributed by atoms with van der Waals surface area (Å²) < 4.78 is 0. The summed E-state index contributed by atoms with van der Waals surface area (Å²) in [6.45, 7) is 13.4. The van der Waals surface area contributed by atoms with Gasteiger partial charge in [-0.05, 0) is 151 Å². The lowest BCUT2D eigenvalue weighted by molar-refractivity contribution is 1.32. The zero-order chi connectivity index (χ0) is 43.4. The summed E-state index contributed by atoms with van der Waals surface area (Å²) in [6.07, 6.45) is 0. The quantitative estimate of drug-likeness (QED) is 0.150. The second kappa shape index (κ2) is 15.4. The van der Waals surface area contributed by atoms with Crippen molar-refractivity contribution in [1.82, 2.24) is 0 Å². The third-order valence-corrected chi connectivity index (χ3v) is 20.4. The molecule has 308 valence electrons. The fourth-order valence-corrected chi connectivity index (χ4v) is 19.1. The standard InChI is InChI=1S/C60H48NP3/c1-37-22-38(2)26-43(25-37)46-31-52-58-53(32-46)63(50-18-12-8-13-19-50)55-34-48(45-29-41(5)24-42(6)30-45)36-57-60(55)61(58)59-54(62(52)49-16-10-7-11-17-49)33-47(44-27-39(3)23-40(4)28-44)35-56(59)64(57)51-20-14-9-15-21-51/h7-36H,1-6H3. The van der Waals surface area contributed by atoms with Gasteiger partial charge in [0, 0.05) is 31.8 Å². The van der Waals surface area contributed by atoms with Gasteiger partial charge in [0.2, 0.25) is 0 Å². The van der Waals surface area contributed by atoms with Gasteiger partial charge in [-0.15, -0.1) is 0 Å². The molecule has 0 aromatic heterocycles. The van der Waals surface area contributed by atoms with Crippen LogP contribution in [0.2, 0.25) is 0 Å². The molecule has 12 rings (SSSR count). The highest BCUT2D eigenvalue weighted by Gasteiger charge is 2.48. The smallest absolute Gasteiger partial charge is 0.0630 e. The minimum absolute atomic E-state index is 0.980. The van der Waals surface area contributed by atoms with E-state index in [1.54, 1.807) is 0 Å². The zero-order valence-corrected chi connectivity index (χ0v) is 39.8. The second-order valence-electron chi connectivity index (χ2n) is 18.1. The summed E-state index contributed by atoms with van der Waals surface area (Å²) in [5.74, 6) is 0. The lowest BCUT2D eigenvalue weighted by Crippen LogP contribution is -2.50. The van der Waals surface area contributed by atoms with Crippen molar-refractivity contribution in [3.8, 4) is 33.4 Å². The van der Waals surface area contributed by atoms with Crippen LogP contribution in [0.3, 0.4) is 0 Å². The maximum Gasteiger partial charge on any atom is 0.0630 e. The van der Waals surface area contributed by atoms with Crippen molar-refractivity contribution in [2.24, 2.45) is 0 Å². The maximum atomic E-state index is 2.78. The Bertz CT molecular complexity index is 2860. The Morgan fingerprint density at radius 2 is 0.453 bits per heavy atom. The Labute approximate surface area is 381 Å². The molecule has 0 fully saturated rings. The van der Waals surface area contributed by atoms with Crippen molar-refractivity contribution in [2.45, 2.75) is 41.5 Å². The molecule has 0 N–H and O–H groups in total. The van der Waals surface area contributed by atoms with Crippen LogP contribution in [0.5, 0.6) is 0 Å². The number of benzene rings is 9. The van der Waals surface area contributed by atoms with Gasteiger partial charge in [0.05, 0.1) is 17.1 Å². The first-order valence-corrected chi connectivity index (χ1v) is 26.4. The van der Waals surface area contributed by atoms with Crippen LogP contribution in [0.15, 0.2) is 182 Å². The molecule has 9 aromatic carbocycles. The highest BCUT2D eigenvalue weighted by Crippen LogP contribution is 2.60. The van der Waals surface area contributed by atoms with Gasteiger partial charge in [0.15, 0.2) is 0 Å². The predicted molar refractivity (Wildman–Crippen MR) is 283 cm³/mol. The summed E-state index contributed by atoms with van der Waals surface area (Å²) >= 11 is 0. The molecule has 64 heavy (non-hydrogen) atoms. The topological polar surface area (TPSA) is 3.24 Å². The van der Waals surface area contributed by atoms with Crippen LogP contribution in [0.4, 0.5) is 17.1 Å². The molecule has 0 radical (unpaired) electrons. The fourth-order valence-electron chi connectivity index (χ4n) is 10.7. The van der Waals surface area contributed by atoms with E-state index in [1.807, 2.05) is 0 Å². The Hall–Kier alpha value is -5.93. The van der Waals surface area contributed by atoms with E-state index >= 15 is 0 Å². The molecule has 3 heterocycles. The SMILES string of the molecule is Cc1cc(C)cc(-c2cc3c4c(c2)P(c2ccccc2)c2cc(-c5cc(C)cc(C)c5)cc5c2N4c2c(cc(-c4cc(C)cc(C)c4)cc2P5c2ccccc2)P3c2ccccc2)c1. The van der Waals surface area contributed by atoms with E-state index in [-0.39, 0.29) is 0 Å². The van der Waals surface area contributed by atoms with Crippen LogP contribution in [0, 0.1) is 41.5 Å². The van der Waals surface area contributed by atoms with E-state index in [0.717, 1.165) is 0 Å². The van der Waals surface area contributed by atoms with Crippen molar-refractivity contribution in [2.75, 3.05) is 4.90 Å². The van der Waals surface area contributed by atoms with E-state index in [4.69, 9.17) is 0 Å². The molecule has 0 aliphatic carbocycles. The lowest BCUT2D eigenvalue weighted by atomic mass is 9.98. The first-order valence-electron chi connectivity index (χ1n) is 22.3. The molecule has 0 bridgehead atoms. The van der Waals surface area contributed by atoms with Gasteiger partial charge < -0.3 is 4.90 Å². The van der Waals surface area contributed by atoms with Crippen LogP contribution >= 0.6 is 23.8 Å². The second-order valence-corrected chi connectivity index (χ2v) is 24.5. The minimum Gasteiger partial charge on any atom is -0.306 e. The van der Waals surface area contributed by atoms with Gasteiger partial charge in [0.1, 0.15) is 0 Å². The number of nitrogens with zero attached hydrogens (tertiary/aromatic N) is 1. The van der Waals surface area contributed by atoms with Gasteiger partial charge in [-0.1, -0.05) is 179 Å². The van der Waals surface area contributed by atoms with E-state index in [1.165, 1.54) is 132 Å². The van der Waals surface area contributed by atoms with E-state index in [2.05, 4.69) is 228 Å². The summed E-state index contributed by atoms with van der Waals surface area (Å²) in [4.78, 5) is 2.78. The van der Waals surface area contributed by atoms with Crippen molar-refractivity contribution >= 4 is 88.6 Å². The monoisotopic (exact) mass is 875 g/mol. The minimum atomic E-state index is -0.980. The molecule has 0 saturated heterocycles. The van der Waals surface area contributed by atoms with E-state index in [0.29, 0.717) is 0 Å². The molecule has 0 amide bonds. The molecule has 0 saturated carbocycles. The summed E-state index contributed by atoms with van der Waals surface area (Å²) in [7, 11) is -2.94. The van der Waals surface area contributed by atoms with Crippen molar-refractivity contribution < 1.29 is 0 Å². The normalized spacial score (nSPS) is 16.4. The Morgan fingerprint density at radius 1 is 0.250 bits per heavy atom. The van der Waals surface area contributed by atoms with Gasteiger partial charge in [-0.2, -0.15) is 0 Å². The number of anilines is 3. The molecule has 0 atom stereocenters. The zero-order valence-electron chi connectivity index (χ0n) is 37.1. The summed E-state index contributed by atoms with van der Waals surface area (Å²) in [6, 6.07) is 71.3. The molecule has 0 spiro atoms. The molecule has 3 aliphatic rings. The predicted octanol–water partition coefficient (Wildman–Crippen LogP) is 12.2. The van der Waals surface area contributed by atoms with Crippen LogP contribution in [0.25, 0.3) is 33.4 Å². The van der Waals surface area contributed by atoms with Gasteiger partial charge in [0.25, 0.3) is 0 Å². The van der Waals surface area contributed by atoms with Crippen LogP contribution in [0.1, 0.15) is 33.4 Å². The van der Waals surface area contributed by atoms with Gasteiger partial charge in [-0.3, -0.25) is 0 Å². The highest BCUT2D eigenvalue weighted by atomic mass is 31.1. The van der Waals surface area contributed by atoms with Crippen LogP contribution in [-0.4, -0.2) is 0 Å². The third kappa shape index (κ3) is 6.47. The molecular formula is C60H48NP3. The average Bonchev–Trinajstić information content (AvgIpc) is 3.28. The van der Waals surface area contributed by atoms with Gasteiger partial charge >= 0.3 is 0 Å². The Morgan fingerprint density at radius 3 is 0.672 bits per heavy atom. The molecular weight excluding hydrogens is 828 g/mol. The summed E-state index contributed by atoms with van der Waals surface area (Å²) in [5, 5.41) is 12.9. The molecule has 1 nitrogen and oxygen atoms in total. The number of hydrogen-bond acceptors (Lipinski definition) is 1. The van der Waals surface area contributed by atoms with Crippen LogP contribution in [-0.2, 0) is 0 Å². The Kier molecular flexibility index (Phi) is 9.52. The summed E-state index contributed by atoms with van der Waals surface area (Å²) in [5.41, 5.74) is 19.8. The van der Waals surface area contributed by atoms with E-state index < -0.39 is 23.8 Å². The Balaban J connectivity index is 1.28. The number of rotatable bonds is 6. The molecule has 0 unspecified atom stereocenters. The van der Waals surface area contributed by atoms with Crippen molar-refractivity contribution in [1.29, 1.82) is 0 Å². The van der Waals surface area contributed by atoms with Crippen LogP contribution < -0.4 is 52.6 Å². The first-order chi connectivity index (χ1) is 31.2. The number of hydrogen-bond donors (Lipinski definition) is 0. The molecule has 4 heteroatoms. The number of aryl methyl sites for hydroxylation is 6. The highest BCUT2D eigenvalue weighted by molar-refractivity contribution is 7.84. The lowest BCUT2D eigenvalue weighted by Gasteiger charge is -2.50.